The molecule has 0 bridgehead atoms. The molecule has 39 heavy (non-hydrogen) atoms. The van der Waals surface area contributed by atoms with Crippen LogP contribution in [0.5, 0.6) is 0 Å². The first-order valence-corrected chi connectivity index (χ1v) is 12.5. The molecule has 1 aromatic rings. The molecular weight excluding hydrogens is 494 g/mol. The Labute approximate surface area is 247 Å². The standard InChI is InChI=1S/C4H8.C3H5N3.C3H4O.4C2H4O.5C2H6.3CH4/c1-3-4-2;1-3-4-2-5-6-3;1-2-3-4;4*1-2-3;5*1-2;;;/h3-4H,1-2H3;2H,1H3,(H,4,5,6);2H,1H3;4*2H,1H3;5*1-2H3;3*1H4. The van der Waals surface area contributed by atoms with Crippen LogP contribution in [0.15, 0.2) is 24.6 Å². The van der Waals surface area contributed by atoms with Crippen LogP contribution in [0.2, 0.25) is 0 Å². The number of rotatable bonds is 0. The van der Waals surface area contributed by atoms with Crippen LogP contribution in [-0.4, -0.2) is 46.3 Å². The highest BCUT2D eigenvalue weighted by Crippen LogP contribution is 1.73. The minimum atomic E-state index is 0. The van der Waals surface area contributed by atoms with Gasteiger partial charge in [0.15, 0.2) is 0 Å². The van der Waals surface area contributed by atoms with Crippen molar-refractivity contribution in [2.24, 2.45) is 0 Å². The zero-order chi connectivity index (χ0) is 32.1. The number of carbonyl (C=O) groups is 4. The van der Waals surface area contributed by atoms with Crippen molar-refractivity contribution in [3.05, 3.63) is 30.4 Å². The third-order valence-corrected chi connectivity index (χ3v) is 0.987. The van der Waals surface area contributed by atoms with Crippen LogP contribution in [-0.2, 0) is 24.0 Å². The summed E-state index contributed by atoms with van der Waals surface area (Å²) in [7, 11) is 0. The van der Waals surface area contributed by atoms with Gasteiger partial charge in [-0.1, -0.05) is 104 Å². The Hall–Kier alpha value is -2.99. The largest absolute Gasteiger partial charge is 0.304 e. The summed E-state index contributed by atoms with van der Waals surface area (Å²) < 4.78 is 0. The van der Waals surface area contributed by atoms with Crippen molar-refractivity contribution < 1.29 is 24.0 Å². The van der Waals surface area contributed by atoms with Crippen LogP contribution in [0.4, 0.5) is 0 Å². The van der Waals surface area contributed by atoms with Gasteiger partial charge < -0.3 is 19.2 Å². The van der Waals surface area contributed by atoms with Gasteiger partial charge in [-0.3, -0.25) is 5.10 Å². The second-order valence-electron chi connectivity index (χ2n) is 3.09. The van der Waals surface area contributed by atoms with Gasteiger partial charge in [0, 0.05) is 0 Å². The van der Waals surface area contributed by atoms with E-state index in [9.17, 15) is 0 Å². The monoisotopic (exact) mass is 570 g/mol. The number of hydrogen-bond acceptors (Lipinski definition) is 7. The first-order valence-electron chi connectivity index (χ1n) is 12.5. The van der Waals surface area contributed by atoms with Gasteiger partial charge in [-0.2, -0.15) is 5.10 Å². The van der Waals surface area contributed by atoms with E-state index in [1.807, 2.05) is 102 Å². The smallest absolute Gasteiger partial charge is 0.137 e. The molecule has 8 nitrogen and oxygen atoms in total. The lowest BCUT2D eigenvalue weighted by Gasteiger charge is -1.66. The van der Waals surface area contributed by atoms with Crippen molar-refractivity contribution in [2.45, 2.75) is 147 Å². The molecule has 0 fully saturated rings. The molecule has 0 radical (unpaired) electrons. The average molecular weight is 570 g/mol. The van der Waals surface area contributed by atoms with E-state index in [1.54, 1.807) is 12.9 Å². The summed E-state index contributed by atoms with van der Waals surface area (Å²) in [6.45, 7) is 33.3. The summed E-state index contributed by atoms with van der Waals surface area (Å²) in [6.07, 6.45) is 9.80. The Balaban J connectivity index is -0.0000000148. The van der Waals surface area contributed by atoms with Crippen molar-refractivity contribution in [3.8, 4) is 0 Å². The highest BCUT2D eigenvalue weighted by molar-refractivity contribution is 5.45. The lowest BCUT2D eigenvalue weighted by molar-refractivity contribution is -0.106. The molecule has 1 N–H and O–H groups in total. The van der Waals surface area contributed by atoms with Gasteiger partial charge >= 0.3 is 0 Å². The molecule has 0 aromatic carbocycles. The van der Waals surface area contributed by atoms with Crippen LogP contribution >= 0.6 is 0 Å². The first kappa shape index (κ1) is 91.1. The van der Waals surface area contributed by atoms with Crippen LogP contribution in [0, 0.1) is 6.92 Å². The molecular formula is C31H75N3O5. The van der Waals surface area contributed by atoms with Gasteiger partial charge in [-0.15, -0.1) is 0 Å². The summed E-state index contributed by atoms with van der Waals surface area (Å²) in [5.74, 6) is 2.41. The molecule has 8 heteroatoms. The highest BCUT2D eigenvalue weighted by Gasteiger charge is 1.75. The number of nitrogens with one attached hydrogen (secondary N) is 1. The predicted molar refractivity (Wildman–Crippen MR) is 181 cm³/mol. The van der Waals surface area contributed by atoms with E-state index in [2.05, 4.69) is 15.2 Å². The van der Waals surface area contributed by atoms with Crippen LogP contribution in [0.3, 0.4) is 0 Å². The fourth-order valence-corrected chi connectivity index (χ4v) is 0.267. The normalized spacial score (nSPS) is 4.87. The lowest BCUT2D eigenvalue weighted by Crippen LogP contribution is -1.68. The van der Waals surface area contributed by atoms with E-state index in [4.69, 9.17) is 24.0 Å². The van der Waals surface area contributed by atoms with Crippen molar-refractivity contribution in [1.82, 2.24) is 15.2 Å². The summed E-state index contributed by atoms with van der Waals surface area (Å²) in [5, 5.41) is 6.22. The summed E-state index contributed by atoms with van der Waals surface area (Å²) in [5.41, 5.74) is 0. The summed E-state index contributed by atoms with van der Waals surface area (Å²) in [6, 6.07) is 0. The van der Waals surface area contributed by atoms with Crippen LogP contribution in [0.25, 0.3) is 0 Å². The van der Waals surface area contributed by atoms with Crippen LogP contribution < -0.4 is 0 Å². The molecule has 0 amide bonds. The van der Waals surface area contributed by atoms with Gasteiger partial charge in [0.2, 0.25) is 0 Å². The van der Waals surface area contributed by atoms with E-state index >= 15 is 0 Å². The van der Waals surface area contributed by atoms with Gasteiger partial charge in [0.05, 0.1) is 0 Å². The Bertz CT molecular complexity index is 401. The lowest BCUT2D eigenvalue weighted by atomic mass is 10.6. The highest BCUT2D eigenvalue weighted by atomic mass is 16.1. The van der Waals surface area contributed by atoms with Gasteiger partial charge in [0.1, 0.15) is 43.2 Å². The molecule has 1 aromatic heterocycles. The molecule has 1 rings (SSSR count). The van der Waals surface area contributed by atoms with Gasteiger partial charge in [0.25, 0.3) is 0 Å². The maximum absolute atomic E-state index is 8.99. The SMILES string of the molecule is C.C.C.CC.CC.CC.CC.CC.CC=C=O.CC=CC.CC=O.CC=O.CC=O.CC=O.Cc1ncn[nH]1. The minimum absolute atomic E-state index is 0. The number of aromatic amines is 1. The number of H-pyrrole nitrogens is 1. The maximum atomic E-state index is 8.99. The molecule has 0 saturated heterocycles. The van der Waals surface area contributed by atoms with E-state index < -0.39 is 0 Å². The number of carbonyl (C=O) groups excluding carboxylic acids is 5. The Morgan fingerprint density at radius 2 is 0.769 bits per heavy atom. The Morgan fingerprint density at radius 1 is 0.590 bits per heavy atom. The van der Waals surface area contributed by atoms with E-state index in [1.165, 1.54) is 40.1 Å². The predicted octanol–water partition coefficient (Wildman–Crippen LogP) is 9.95. The fraction of sp³-hybridized carbons (Fsp3) is 0.677. The number of hydrogen-bond donors (Lipinski definition) is 1. The summed E-state index contributed by atoms with van der Waals surface area (Å²) in [4.78, 5) is 48.0. The molecule has 244 valence electrons. The Kier molecular flexibility index (Phi) is 656. The average Bonchev–Trinajstić information content (AvgIpc) is 3.43. The number of nitrogens with zero attached hydrogens (tertiary/aromatic N) is 2. The van der Waals surface area contributed by atoms with Gasteiger partial charge in [-0.25, -0.2) is 9.78 Å². The van der Waals surface area contributed by atoms with Crippen molar-refractivity contribution in [3.63, 3.8) is 0 Å². The zero-order valence-corrected chi connectivity index (χ0v) is 27.1. The topological polar surface area (TPSA) is 127 Å². The van der Waals surface area contributed by atoms with Crippen molar-refractivity contribution in [1.29, 1.82) is 0 Å². The molecule has 0 aliphatic heterocycles. The second-order valence-corrected chi connectivity index (χ2v) is 3.09. The minimum Gasteiger partial charge on any atom is -0.304 e. The van der Waals surface area contributed by atoms with Crippen molar-refractivity contribution >= 4 is 31.1 Å². The molecule has 0 unspecified atom stereocenters. The third-order valence-electron chi connectivity index (χ3n) is 0.987. The molecule has 0 spiro atoms. The molecule has 0 saturated carbocycles. The molecule has 0 atom stereocenters. The van der Waals surface area contributed by atoms with Gasteiger partial charge in [-0.05, 0) is 61.5 Å². The van der Waals surface area contributed by atoms with E-state index in [0.717, 1.165) is 31.0 Å². The number of aldehydes is 4. The number of aromatic nitrogens is 3. The maximum Gasteiger partial charge on any atom is 0.137 e. The third kappa shape index (κ3) is 1060. The fourth-order valence-electron chi connectivity index (χ4n) is 0.267. The van der Waals surface area contributed by atoms with Crippen molar-refractivity contribution in [2.75, 3.05) is 0 Å². The zero-order valence-electron chi connectivity index (χ0n) is 27.1. The molecule has 1 heterocycles. The molecule has 0 aliphatic carbocycles. The second kappa shape index (κ2) is 281. The Morgan fingerprint density at radius 3 is 0.795 bits per heavy atom. The number of aryl methyl sites for hydroxylation is 1. The molecule has 0 aliphatic rings. The number of allylic oxidation sites excluding steroid dienone is 3. The first-order chi connectivity index (χ1) is 17.4. The quantitative estimate of drug-likeness (QED) is 0.187. The summed E-state index contributed by atoms with van der Waals surface area (Å²) >= 11 is 0. The van der Waals surface area contributed by atoms with E-state index in [0.29, 0.717) is 0 Å². The van der Waals surface area contributed by atoms with Crippen LogP contribution in [0.1, 0.15) is 146 Å². The van der Waals surface area contributed by atoms with E-state index in [-0.39, 0.29) is 22.3 Å².